The Balaban J connectivity index is 2.56. The van der Waals surface area contributed by atoms with Crippen LogP contribution < -0.4 is 0 Å². The summed E-state index contributed by atoms with van der Waals surface area (Å²) in [5, 5.41) is 0. The molecule has 0 bridgehead atoms. The predicted octanol–water partition coefficient (Wildman–Crippen LogP) is 3.20. The summed E-state index contributed by atoms with van der Waals surface area (Å²) >= 11 is 0. The topological polar surface area (TPSA) is 17.1 Å². The summed E-state index contributed by atoms with van der Waals surface area (Å²) in [6, 6.07) is 0. The highest BCUT2D eigenvalue weighted by molar-refractivity contribution is 5.54. The van der Waals surface area contributed by atoms with E-state index in [1.165, 1.54) is 19.1 Å². The Labute approximate surface area is 81.2 Å². The first-order valence-corrected chi connectivity index (χ1v) is 5.36. The van der Waals surface area contributed by atoms with Gasteiger partial charge >= 0.3 is 0 Å². The van der Waals surface area contributed by atoms with Crippen LogP contribution in [0, 0.1) is 17.8 Å². The number of allylic oxidation sites excluding steroid dienone is 2. The van der Waals surface area contributed by atoms with Gasteiger partial charge in [0.1, 0.15) is 6.29 Å². The lowest BCUT2D eigenvalue weighted by atomic mass is 9.72. The smallest absolute Gasteiger partial charge is 0.123 e. The Morgan fingerprint density at radius 3 is 2.77 bits per heavy atom. The van der Waals surface area contributed by atoms with Crippen molar-refractivity contribution < 1.29 is 4.79 Å². The summed E-state index contributed by atoms with van der Waals surface area (Å²) in [6.45, 7) is 4.33. The van der Waals surface area contributed by atoms with E-state index >= 15 is 0 Å². The standard InChI is InChI=1S/C12H20O/c1-3-4-8-12-10(2)6-5-7-11(12)9-13/h3-4,9-12H,5-8H2,1-2H3. The van der Waals surface area contributed by atoms with Gasteiger partial charge in [0.25, 0.3) is 0 Å². The third-order valence-electron chi connectivity index (χ3n) is 3.30. The Morgan fingerprint density at radius 1 is 1.38 bits per heavy atom. The highest BCUT2D eigenvalue weighted by atomic mass is 16.1. The monoisotopic (exact) mass is 180 g/mol. The minimum absolute atomic E-state index is 0.319. The first-order chi connectivity index (χ1) is 6.29. The third kappa shape index (κ3) is 2.68. The summed E-state index contributed by atoms with van der Waals surface area (Å²) in [6.07, 6.45) is 10.2. The van der Waals surface area contributed by atoms with Crippen LogP contribution in [-0.2, 0) is 4.79 Å². The molecule has 0 aromatic carbocycles. The molecule has 0 heterocycles. The van der Waals surface area contributed by atoms with Gasteiger partial charge in [-0.3, -0.25) is 0 Å². The Bertz CT molecular complexity index is 184. The minimum atomic E-state index is 0.319. The van der Waals surface area contributed by atoms with E-state index in [-0.39, 0.29) is 0 Å². The second kappa shape index (κ2) is 5.21. The first kappa shape index (κ1) is 10.5. The highest BCUT2D eigenvalue weighted by Crippen LogP contribution is 2.35. The molecule has 0 radical (unpaired) electrons. The molecule has 0 aliphatic heterocycles. The van der Waals surface area contributed by atoms with E-state index in [2.05, 4.69) is 19.1 Å². The van der Waals surface area contributed by atoms with Crippen LogP contribution in [0.4, 0.5) is 0 Å². The van der Waals surface area contributed by atoms with Crippen molar-refractivity contribution in [2.24, 2.45) is 17.8 Å². The maximum Gasteiger partial charge on any atom is 0.123 e. The summed E-state index contributed by atoms with van der Waals surface area (Å²) in [5.41, 5.74) is 0. The van der Waals surface area contributed by atoms with Gasteiger partial charge in [-0.1, -0.05) is 31.9 Å². The number of hydrogen-bond donors (Lipinski definition) is 0. The van der Waals surface area contributed by atoms with Crippen LogP contribution in [0.25, 0.3) is 0 Å². The molecule has 0 aromatic heterocycles. The molecule has 1 rings (SSSR count). The van der Waals surface area contributed by atoms with E-state index in [0.717, 1.165) is 18.8 Å². The molecular weight excluding hydrogens is 160 g/mol. The lowest BCUT2D eigenvalue weighted by Crippen LogP contribution is -2.27. The molecule has 0 N–H and O–H groups in total. The molecule has 1 aliphatic carbocycles. The van der Waals surface area contributed by atoms with Gasteiger partial charge in [0.2, 0.25) is 0 Å². The van der Waals surface area contributed by atoms with Crippen molar-refractivity contribution >= 4 is 6.29 Å². The second-order valence-corrected chi connectivity index (χ2v) is 4.18. The third-order valence-corrected chi connectivity index (χ3v) is 3.30. The fourth-order valence-corrected chi connectivity index (χ4v) is 2.39. The predicted molar refractivity (Wildman–Crippen MR) is 55.5 cm³/mol. The van der Waals surface area contributed by atoms with Gasteiger partial charge in [-0.15, -0.1) is 0 Å². The Hall–Kier alpha value is -0.590. The van der Waals surface area contributed by atoms with E-state index in [1.54, 1.807) is 0 Å². The van der Waals surface area contributed by atoms with Gasteiger partial charge in [-0.25, -0.2) is 0 Å². The maximum atomic E-state index is 10.9. The lowest BCUT2D eigenvalue weighted by Gasteiger charge is -2.32. The SMILES string of the molecule is CC=CCC1C(C)CCCC1C=O. The molecule has 0 aromatic rings. The van der Waals surface area contributed by atoms with E-state index in [4.69, 9.17) is 0 Å². The van der Waals surface area contributed by atoms with Crippen LogP contribution in [0.3, 0.4) is 0 Å². The van der Waals surface area contributed by atoms with Crippen molar-refractivity contribution in [1.82, 2.24) is 0 Å². The summed E-state index contributed by atoms with van der Waals surface area (Å²) in [7, 11) is 0. The van der Waals surface area contributed by atoms with Crippen LogP contribution in [0.15, 0.2) is 12.2 Å². The fraction of sp³-hybridized carbons (Fsp3) is 0.750. The lowest BCUT2D eigenvalue weighted by molar-refractivity contribution is -0.114. The normalized spacial score (nSPS) is 35.1. The molecule has 3 atom stereocenters. The molecule has 1 fully saturated rings. The number of carbonyl (C=O) groups is 1. The second-order valence-electron chi connectivity index (χ2n) is 4.18. The quantitative estimate of drug-likeness (QED) is 0.481. The number of carbonyl (C=O) groups excluding carboxylic acids is 1. The molecular formula is C12H20O. The van der Waals surface area contributed by atoms with E-state index in [1.807, 2.05) is 6.92 Å². The molecule has 74 valence electrons. The average Bonchev–Trinajstić information content (AvgIpc) is 2.15. The van der Waals surface area contributed by atoms with Crippen molar-refractivity contribution in [1.29, 1.82) is 0 Å². The van der Waals surface area contributed by atoms with Gasteiger partial charge in [-0.05, 0) is 31.6 Å². The average molecular weight is 180 g/mol. The number of aldehydes is 1. The molecule has 1 nitrogen and oxygen atoms in total. The fourth-order valence-electron chi connectivity index (χ4n) is 2.39. The van der Waals surface area contributed by atoms with Crippen LogP contribution in [0.1, 0.15) is 39.5 Å². The van der Waals surface area contributed by atoms with Crippen LogP contribution in [0.2, 0.25) is 0 Å². The van der Waals surface area contributed by atoms with Crippen LogP contribution >= 0.6 is 0 Å². The maximum absolute atomic E-state index is 10.9. The van der Waals surface area contributed by atoms with Crippen molar-refractivity contribution in [3.8, 4) is 0 Å². The van der Waals surface area contributed by atoms with Gasteiger partial charge < -0.3 is 4.79 Å². The van der Waals surface area contributed by atoms with E-state index in [0.29, 0.717) is 11.8 Å². The Kier molecular flexibility index (Phi) is 4.20. The van der Waals surface area contributed by atoms with Crippen LogP contribution in [0.5, 0.6) is 0 Å². The van der Waals surface area contributed by atoms with Crippen molar-refractivity contribution in [2.75, 3.05) is 0 Å². The number of rotatable bonds is 3. The zero-order chi connectivity index (χ0) is 9.68. The minimum Gasteiger partial charge on any atom is -0.303 e. The van der Waals surface area contributed by atoms with Gasteiger partial charge in [-0.2, -0.15) is 0 Å². The van der Waals surface area contributed by atoms with Gasteiger partial charge in [0.05, 0.1) is 0 Å². The van der Waals surface area contributed by atoms with Crippen molar-refractivity contribution in [3.63, 3.8) is 0 Å². The largest absolute Gasteiger partial charge is 0.303 e. The van der Waals surface area contributed by atoms with Gasteiger partial charge in [0.15, 0.2) is 0 Å². The van der Waals surface area contributed by atoms with Gasteiger partial charge in [0, 0.05) is 5.92 Å². The Morgan fingerprint density at radius 2 is 2.15 bits per heavy atom. The summed E-state index contributed by atoms with van der Waals surface area (Å²) < 4.78 is 0. The zero-order valence-corrected chi connectivity index (χ0v) is 8.70. The molecule has 1 heteroatoms. The summed E-state index contributed by atoms with van der Waals surface area (Å²) in [5.74, 6) is 1.64. The molecule has 1 aliphatic rings. The molecule has 13 heavy (non-hydrogen) atoms. The highest BCUT2D eigenvalue weighted by Gasteiger charge is 2.28. The van der Waals surface area contributed by atoms with Crippen LogP contribution in [-0.4, -0.2) is 6.29 Å². The molecule has 1 saturated carbocycles. The zero-order valence-electron chi connectivity index (χ0n) is 8.70. The van der Waals surface area contributed by atoms with Crippen molar-refractivity contribution in [3.05, 3.63) is 12.2 Å². The summed E-state index contributed by atoms with van der Waals surface area (Å²) in [4.78, 5) is 10.9. The molecule has 0 amide bonds. The molecule has 0 spiro atoms. The van der Waals surface area contributed by atoms with Crippen molar-refractivity contribution in [2.45, 2.75) is 39.5 Å². The van der Waals surface area contributed by atoms with E-state index in [9.17, 15) is 4.79 Å². The molecule has 0 saturated heterocycles. The molecule has 3 unspecified atom stereocenters. The first-order valence-electron chi connectivity index (χ1n) is 5.36. The van der Waals surface area contributed by atoms with E-state index < -0.39 is 0 Å². The number of hydrogen-bond acceptors (Lipinski definition) is 1.